The number of likely N-dealkylation sites (tertiary alicyclic amines) is 1. The largest absolute Gasteiger partial charge is 0.337 e. The summed E-state index contributed by atoms with van der Waals surface area (Å²) in [5.41, 5.74) is 0. The summed E-state index contributed by atoms with van der Waals surface area (Å²) in [6, 6.07) is 0. The van der Waals surface area contributed by atoms with Gasteiger partial charge in [0.2, 0.25) is 11.8 Å². The first kappa shape index (κ1) is 15.8. The van der Waals surface area contributed by atoms with Crippen molar-refractivity contribution in [1.82, 2.24) is 9.96 Å². The van der Waals surface area contributed by atoms with Crippen molar-refractivity contribution in [3.8, 4) is 0 Å². The van der Waals surface area contributed by atoms with E-state index in [1.807, 2.05) is 0 Å². The second-order valence-corrected chi connectivity index (χ2v) is 6.45. The van der Waals surface area contributed by atoms with Crippen molar-refractivity contribution in [3.63, 3.8) is 0 Å². The van der Waals surface area contributed by atoms with Crippen LogP contribution in [0.2, 0.25) is 0 Å². The van der Waals surface area contributed by atoms with Gasteiger partial charge >= 0.3 is 5.97 Å². The van der Waals surface area contributed by atoms with Crippen LogP contribution in [0.3, 0.4) is 0 Å². The van der Waals surface area contributed by atoms with E-state index in [0.29, 0.717) is 5.06 Å². The van der Waals surface area contributed by atoms with Gasteiger partial charge in [0.25, 0.3) is 11.8 Å². The average Bonchev–Trinajstić information content (AvgIpc) is 2.85. The third-order valence-corrected chi connectivity index (χ3v) is 3.71. The minimum atomic E-state index is -1.67. The molecule has 2 saturated heterocycles. The molecule has 0 atom stereocenters. The highest BCUT2D eigenvalue weighted by Crippen LogP contribution is 2.34. The zero-order valence-corrected chi connectivity index (χ0v) is 12.6. The Morgan fingerprint density at radius 3 is 1.86 bits per heavy atom. The van der Waals surface area contributed by atoms with E-state index in [4.69, 9.17) is 0 Å². The summed E-state index contributed by atoms with van der Waals surface area (Å²) in [6.45, 7) is 0. The van der Waals surface area contributed by atoms with Crippen LogP contribution in [-0.4, -0.2) is 43.8 Å². The number of rotatable bonds is 4. The fourth-order valence-corrected chi connectivity index (χ4v) is 2.74. The predicted molar refractivity (Wildman–Crippen MR) is 73.6 cm³/mol. The van der Waals surface area contributed by atoms with Gasteiger partial charge in [-0.3, -0.25) is 24.1 Å². The lowest BCUT2D eigenvalue weighted by atomic mass is 10.3. The van der Waals surface area contributed by atoms with Gasteiger partial charge in [-0.25, -0.2) is 4.79 Å². The fraction of sp³-hybridized carbons (Fsp3) is 0.545. The molecular weight excluding hydrogens is 320 g/mol. The zero-order chi connectivity index (χ0) is 15.8. The Bertz CT molecular complexity index is 515. The van der Waals surface area contributed by atoms with Gasteiger partial charge in [0.05, 0.1) is 6.42 Å². The summed E-state index contributed by atoms with van der Waals surface area (Å²) in [6.07, 6.45) is -0.558. The zero-order valence-electron chi connectivity index (χ0n) is 10.8. The lowest BCUT2D eigenvalue weighted by molar-refractivity contribution is -0.198. The van der Waals surface area contributed by atoms with Crippen molar-refractivity contribution in [2.75, 3.05) is 0 Å². The lowest BCUT2D eigenvalue weighted by Gasteiger charge is -2.30. The molecule has 114 valence electrons. The molecule has 0 radical (unpaired) electrons. The Morgan fingerprint density at radius 1 is 0.952 bits per heavy atom. The van der Waals surface area contributed by atoms with Gasteiger partial charge in [0.15, 0.2) is 0 Å². The van der Waals surface area contributed by atoms with Gasteiger partial charge < -0.3 is 4.84 Å². The number of imide groups is 2. The maximum Gasteiger partial charge on any atom is 0.337 e. The minimum Gasteiger partial charge on any atom is -0.330 e. The smallest absolute Gasteiger partial charge is 0.330 e. The number of carbonyl (C=O) groups is 5. The van der Waals surface area contributed by atoms with E-state index in [1.54, 1.807) is 0 Å². The molecule has 2 aliphatic rings. The molecule has 4 amide bonds. The highest BCUT2D eigenvalue weighted by molar-refractivity contribution is 8.00. The molecular formula is C11H12N2O6S2. The summed E-state index contributed by atoms with van der Waals surface area (Å²) >= 11 is 8.08. The molecule has 0 bridgehead atoms. The Hall–Kier alpha value is -1.55. The SMILES string of the molecule is O=C(CC(S)(S)N1C(=O)CCC1=O)ON1C(=O)CCC1=O. The molecule has 0 saturated carbocycles. The molecule has 0 aromatic carbocycles. The molecule has 0 unspecified atom stereocenters. The molecule has 2 rings (SSSR count). The maximum absolute atomic E-state index is 11.8. The van der Waals surface area contributed by atoms with Crippen LogP contribution in [0.1, 0.15) is 32.1 Å². The first-order valence-corrected chi connectivity index (χ1v) is 6.99. The monoisotopic (exact) mass is 332 g/mol. The molecule has 2 heterocycles. The average molecular weight is 332 g/mol. The molecule has 0 N–H and O–H groups in total. The predicted octanol–water partition coefficient (Wildman–Crippen LogP) is -0.354. The number of nitrogens with zero attached hydrogens (tertiary/aromatic N) is 2. The van der Waals surface area contributed by atoms with Crippen LogP contribution in [0.4, 0.5) is 0 Å². The normalized spacial score (nSPS) is 19.7. The molecule has 2 aliphatic heterocycles. The minimum absolute atomic E-state index is 0.0257. The molecule has 10 heteroatoms. The third-order valence-electron chi connectivity index (χ3n) is 2.99. The topological polar surface area (TPSA) is 101 Å². The second kappa shape index (κ2) is 5.68. The van der Waals surface area contributed by atoms with Gasteiger partial charge in [-0.05, 0) is 0 Å². The van der Waals surface area contributed by atoms with Gasteiger partial charge in [-0.1, -0.05) is 0 Å². The van der Waals surface area contributed by atoms with Crippen LogP contribution in [0.25, 0.3) is 0 Å². The van der Waals surface area contributed by atoms with Crippen LogP contribution in [0.15, 0.2) is 0 Å². The van der Waals surface area contributed by atoms with Gasteiger partial charge in [-0.2, -0.15) is 0 Å². The van der Waals surface area contributed by atoms with Crippen LogP contribution in [0.5, 0.6) is 0 Å². The molecule has 2 fully saturated rings. The first-order valence-electron chi connectivity index (χ1n) is 6.09. The number of hydrogen-bond donors (Lipinski definition) is 2. The molecule has 0 aliphatic carbocycles. The number of thiol groups is 2. The molecule has 8 nitrogen and oxygen atoms in total. The lowest BCUT2D eigenvalue weighted by Crippen LogP contribution is -2.46. The van der Waals surface area contributed by atoms with Crippen molar-refractivity contribution < 1.29 is 28.8 Å². The fourth-order valence-electron chi connectivity index (χ4n) is 2.04. The second-order valence-electron chi connectivity index (χ2n) is 4.62. The maximum atomic E-state index is 11.8. The first-order chi connectivity index (χ1) is 9.72. The van der Waals surface area contributed by atoms with Crippen molar-refractivity contribution >= 4 is 54.9 Å². The van der Waals surface area contributed by atoms with Crippen molar-refractivity contribution in [1.29, 1.82) is 0 Å². The summed E-state index contributed by atoms with van der Waals surface area (Å²) < 4.78 is -1.67. The van der Waals surface area contributed by atoms with Crippen LogP contribution < -0.4 is 0 Å². The van der Waals surface area contributed by atoms with Crippen molar-refractivity contribution in [2.24, 2.45) is 0 Å². The molecule has 0 aromatic heterocycles. The van der Waals surface area contributed by atoms with Crippen molar-refractivity contribution in [2.45, 2.75) is 36.3 Å². The van der Waals surface area contributed by atoms with E-state index >= 15 is 0 Å². The van der Waals surface area contributed by atoms with E-state index in [2.05, 4.69) is 30.1 Å². The van der Waals surface area contributed by atoms with Gasteiger partial charge in [0.1, 0.15) is 4.20 Å². The Kier molecular flexibility index (Phi) is 4.28. The Morgan fingerprint density at radius 2 is 1.38 bits per heavy atom. The standard InChI is InChI=1S/C11H12N2O6S2/c14-6-1-2-7(15)12(6)11(20,21)5-10(18)19-13-8(16)3-4-9(13)17/h20-21H,1-5H2. The molecule has 0 spiro atoms. The molecule has 21 heavy (non-hydrogen) atoms. The number of hydrogen-bond acceptors (Lipinski definition) is 8. The quantitative estimate of drug-likeness (QED) is 0.414. The summed E-state index contributed by atoms with van der Waals surface area (Å²) in [7, 11) is 0. The van der Waals surface area contributed by atoms with E-state index in [-0.39, 0.29) is 25.7 Å². The number of amides is 4. The number of carbonyl (C=O) groups excluding carboxylic acids is 5. The van der Waals surface area contributed by atoms with Gasteiger partial charge in [-0.15, -0.1) is 30.3 Å². The van der Waals surface area contributed by atoms with E-state index < -0.39 is 40.2 Å². The van der Waals surface area contributed by atoms with Gasteiger partial charge in [0, 0.05) is 25.7 Å². The van der Waals surface area contributed by atoms with Crippen LogP contribution >= 0.6 is 25.3 Å². The van der Waals surface area contributed by atoms with E-state index in [0.717, 1.165) is 4.90 Å². The van der Waals surface area contributed by atoms with E-state index in [9.17, 15) is 24.0 Å². The van der Waals surface area contributed by atoms with Crippen LogP contribution in [-0.2, 0) is 28.8 Å². The van der Waals surface area contributed by atoms with E-state index in [1.165, 1.54) is 0 Å². The van der Waals surface area contributed by atoms with Crippen LogP contribution in [0, 0.1) is 0 Å². The Balaban J connectivity index is 2.01. The summed E-state index contributed by atoms with van der Waals surface area (Å²) in [5.74, 6) is -3.22. The number of hydroxylamine groups is 2. The third kappa shape index (κ3) is 3.21. The van der Waals surface area contributed by atoms with Crippen molar-refractivity contribution in [3.05, 3.63) is 0 Å². The highest BCUT2D eigenvalue weighted by Gasteiger charge is 2.44. The summed E-state index contributed by atoms with van der Waals surface area (Å²) in [4.78, 5) is 63.0. The molecule has 0 aromatic rings. The highest BCUT2D eigenvalue weighted by atomic mass is 32.2. The summed E-state index contributed by atoms with van der Waals surface area (Å²) in [5, 5.41) is 0.383. The Labute approximate surface area is 130 Å².